The third kappa shape index (κ3) is 4.01. The predicted molar refractivity (Wildman–Crippen MR) is 138 cm³/mol. The van der Waals surface area contributed by atoms with E-state index in [2.05, 4.69) is 27.4 Å². The van der Waals surface area contributed by atoms with Gasteiger partial charge in [0.15, 0.2) is 0 Å². The quantitative estimate of drug-likeness (QED) is 0.461. The molecule has 6 rings (SSSR count). The molecule has 3 aromatic heterocycles. The second kappa shape index (κ2) is 8.92. The van der Waals surface area contributed by atoms with Crippen molar-refractivity contribution in [3.63, 3.8) is 0 Å². The van der Waals surface area contributed by atoms with Crippen molar-refractivity contribution in [3.8, 4) is 0 Å². The first-order chi connectivity index (χ1) is 17.1. The summed E-state index contributed by atoms with van der Waals surface area (Å²) >= 11 is 1.45. The van der Waals surface area contributed by atoms with Gasteiger partial charge in [0.1, 0.15) is 17.0 Å². The van der Waals surface area contributed by atoms with E-state index in [-0.39, 0.29) is 17.4 Å². The highest BCUT2D eigenvalue weighted by molar-refractivity contribution is 7.20. The lowest BCUT2D eigenvalue weighted by molar-refractivity contribution is 0.0599. The summed E-state index contributed by atoms with van der Waals surface area (Å²) in [6, 6.07) is 15.8. The van der Waals surface area contributed by atoms with Gasteiger partial charge in [-0.05, 0) is 42.9 Å². The van der Waals surface area contributed by atoms with E-state index in [0.29, 0.717) is 25.6 Å². The van der Waals surface area contributed by atoms with E-state index in [9.17, 15) is 9.59 Å². The zero-order valence-electron chi connectivity index (χ0n) is 19.6. The monoisotopic (exact) mass is 485 g/mol. The number of hydrogen-bond acceptors (Lipinski definition) is 6. The number of likely N-dealkylation sites (tertiary alicyclic amines) is 1. The Hall–Kier alpha value is -3.52. The van der Waals surface area contributed by atoms with Crippen LogP contribution >= 0.6 is 11.3 Å². The van der Waals surface area contributed by atoms with Gasteiger partial charge in [-0.25, -0.2) is 9.97 Å². The number of hydrogen-bond donors (Lipinski definition) is 1. The maximum Gasteiger partial charge on any atom is 0.264 e. The van der Waals surface area contributed by atoms with E-state index in [4.69, 9.17) is 0 Å². The van der Waals surface area contributed by atoms with Crippen molar-refractivity contribution in [2.75, 3.05) is 25.0 Å². The minimum Gasteiger partial charge on any atom is -0.369 e. The van der Waals surface area contributed by atoms with Crippen molar-refractivity contribution in [1.82, 2.24) is 19.4 Å². The van der Waals surface area contributed by atoms with E-state index in [1.165, 1.54) is 16.9 Å². The van der Waals surface area contributed by atoms with Gasteiger partial charge in [-0.3, -0.25) is 9.59 Å². The van der Waals surface area contributed by atoms with Crippen molar-refractivity contribution in [3.05, 3.63) is 86.9 Å². The zero-order chi connectivity index (χ0) is 23.9. The molecule has 2 aliphatic heterocycles. The lowest BCUT2D eigenvalue weighted by Crippen LogP contribution is -2.49. The Labute approximate surface area is 207 Å². The molecule has 2 atom stereocenters. The fraction of sp³-hybridized carbons (Fsp3) is 0.333. The highest BCUT2D eigenvalue weighted by Crippen LogP contribution is 2.38. The number of aryl methyl sites for hydroxylation is 1. The number of fused-ring (bicyclic) bond motifs is 5. The number of piperidine rings is 1. The first-order valence-electron chi connectivity index (χ1n) is 12.1. The number of amides is 1. The zero-order valence-corrected chi connectivity index (χ0v) is 20.4. The molecule has 4 aromatic rings. The first-order valence-corrected chi connectivity index (χ1v) is 12.9. The number of pyridine rings is 1. The summed E-state index contributed by atoms with van der Waals surface area (Å²) in [5.41, 5.74) is 3.31. The number of nitrogens with one attached hydrogen (secondary N) is 1. The number of carbonyl (C=O) groups is 1. The van der Waals surface area contributed by atoms with Crippen LogP contribution in [0.1, 0.15) is 38.8 Å². The summed E-state index contributed by atoms with van der Waals surface area (Å²) in [7, 11) is 0. The van der Waals surface area contributed by atoms with E-state index < -0.39 is 0 Å². The van der Waals surface area contributed by atoms with Gasteiger partial charge in [0.05, 0.1) is 10.3 Å². The lowest BCUT2D eigenvalue weighted by Gasteiger charge is -2.42. The molecular weight excluding hydrogens is 458 g/mol. The third-order valence-corrected chi connectivity index (χ3v) is 8.42. The number of benzene rings is 1. The molecule has 7 nitrogen and oxygen atoms in total. The van der Waals surface area contributed by atoms with Crippen LogP contribution in [0.2, 0.25) is 0 Å². The van der Waals surface area contributed by atoms with Crippen LogP contribution < -0.4 is 10.9 Å². The van der Waals surface area contributed by atoms with E-state index >= 15 is 0 Å². The molecule has 0 saturated carbocycles. The largest absolute Gasteiger partial charge is 0.369 e. The van der Waals surface area contributed by atoms with Crippen molar-refractivity contribution in [2.24, 2.45) is 5.92 Å². The van der Waals surface area contributed by atoms with Crippen LogP contribution in [0.5, 0.6) is 0 Å². The lowest BCUT2D eigenvalue weighted by atomic mass is 9.83. The second-order valence-electron chi connectivity index (χ2n) is 9.53. The summed E-state index contributed by atoms with van der Waals surface area (Å²) < 4.78 is 1.90. The standard InChI is InChI=1S/C27H27N5O2S/c1-17-23-25(28-11-10-18-6-3-2-4-7-18)29-16-30-26(23)35-24(17)27(34)31-13-19-12-20(15-31)21-8-5-9-22(33)32(21)14-19/h2-9,16,19-20H,10-15H2,1H3,(H,28,29,30)/t19-,20+/m1/s1. The fourth-order valence-corrected chi connectivity index (χ4v) is 6.70. The van der Waals surface area contributed by atoms with Crippen LogP contribution in [0.15, 0.2) is 59.7 Å². The van der Waals surface area contributed by atoms with E-state index in [0.717, 1.165) is 51.6 Å². The van der Waals surface area contributed by atoms with E-state index in [1.54, 1.807) is 12.4 Å². The Morgan fingerprint density at radius 3 is 2.80 bits per heavy atom. The van der Waals surface area contributed by atoms with Crippen molar-refractivity contribution in [1.29, 1.82) is 0 Å². The third-order valence-electron chi connectivity index (χ3n) is 7.24. The Morgan fingerprint density at radius 2 is 1.94 bits per heavy atom. The molecule has 2 aliphatic rings. The molecule has 178 valence electrons. The molecule has 1 fully saturated rings. The van der Waals surface area contributed by atoms with Crippen LogP contribution in [0.3, 0.4) is 0 Å². The summed E-state index contributed by atoms with van der Waals surface area (Å²) in [5.74, 6) is 1.34. The average molecular weight is 486 g/mol. The Balaban J connectivity index is 1.24. The number of nitrogens with zero attached hydrogens (tertiary/aromatic N) is 4. The molecule has 1 aromatic carbocycles. The van der Waals surface area contributed by atoms with Crippen LogP contribution in [0.4, 0.5) is 5.82 Å². The van der Waals surface area contributed by atoms with Gasteiger partial charge in [0.25, 0.3) is 11.5 Å². The molecule has 8 heteroatoms. The number of rotatable bonds is 5. The van der Waals surface area contributed by atoms with Crippen LogP contribution in [0, 0.1) is 12.8 Å². The molecule has 1 amide bonds. The summed E-state index contributed by atoms with van der Waals surface area (Å²) in [6.45, 7) is 4.75. The summed E-state index contributed by atoms with van der Waals surface area (Å²) in [6.07, 6.45) is 3.49. The Morgan fingerprint density at radius 1 is 1.09 bits per heavy atom. The molecule has 35 heavy (non-hydrogen) atoms. The highest BCUT2D eigenvalue weighted by Gasteiger charge is 2.37. The van der Waals surface area contributed by atoms with Gasteiger partial charge in [0.2, 0.25) is 0 Å². The Bertz CT molecular complexity index is 1460. The molecule has 1 N–H and O–H groups in total. The van der Waals surface area contributed by atoms with E-state index in [1.807, 2.05) is 46.7 Å². The van der Waals surface area contributed by atoms with Gasteiger partial charge in [-0.15, -0.1) is 11.3 Å². The molecule has 1 saturated heterocycles. The van der Waals surface area contributed by atoms with Gasteiger partial charge in [-0.2, -0.15) is 0 Å². The number of anilines is 1. The fourth-order valence-electron chi connectivity index (χ4n) is 5.59. The minimum absolute atomic E-state index is 0.0576. The topological polar surface area (TPSA) is 80.1 Å². The molecular formula is C27H27N5O2S. The SMILES string of the molecule is Cc1c(C(=O)N2C[C@H]3C[C@@H](C2)c2cccc(=O)n2C3)sc2ncnc(NCCc3ccccc3)c12. The summed E-state index contributed by atoms with van der Waals surface area (Å²) in [4.78, 5) is 38.5. The molecule has 5 heterocycles. The molecule has 0 radical (unpaired) electrons. The summed E-state index contributed by atoms with van der Waals surface area (Å²) in [5, 5.41) is 4.39. The van der Waals surface area contributed by atoms with Crippen LogP contribution in [-0.2, 0) is 13.0 Å². The highest BCUT2D eigenvalue weighted by atomic mass is 32.1. The number of aromatic nitrogens is 3. The van der Waals surface area contributed by atoms with Crippen LogP contribution in [0.25, 0.3) is 10.2 Å². The minimum atomic E-state index is 0.0576. The van der Waals surface area contributed by atoms with Crippen molar-refractivity contribution >= 4 is 33.3 Å². The van der Waals surface area contributed by atoms with Gasteiger partial charge in [-0.1, -0.05) is 36.4 Å². The molecule has 0 spiro atoms. The molecule has 2 bridgehead atoms. The van der Waals surface area contributed by atoms with Gasteiger partial charge >= 0.3 is 0 Å². The molecule has 0 unspecified atom stereocenters. The van der Waals surface area contributed by atoms with Crippen molar-refractivity contribution in [2.45, 2.75) is 32.2 Å². The first kappa shape index (κ1) is 22.0. The maximum atomic E-state index is 13.7. The van der Waals surface area contributed by atoms with Gasteiger partial charge < -0.3 is 14.8 Å². The van der Waals surface area contributed by atoms with Crippen LogP contribution in [-0.4, -0.2) is 45.0 Å². The number of carbonyl (C=O) groups excluding carboxylic acids is 1. The Kier molecular flexibility index (Phi) is 5.60. The maximum absolute atomic E-state index is 13.7. The number of thiophene rings is 1. The molecule has 0 aliphatic carbocycles. The normalized spacial score (nSPS) is 18.9. The smallest absolute Gasteiger partial charge is 0.264 e. The van der Waals surface area contributed by atoms with Gasteiger partial charge in [0, 0.05) is 43.9 Å². The predicted octanol–water partition coefficient (Wildman–Crippen LogP) is 4.08. The second-order valence-corrected chi connectivity index (χ2v) is 10.5. The average Bonchev–Trinajstić information content (AvgIpc) is 3.22. The van der Waals surface area contributed by atoms with Crippen molar-refractivity contribution < 1.29 is 4.79 Å².